The van der Waals surface area contributed by atoms with E-state index >= 15 is 0 Å². The van der Waals surface area contributed by atoms with Gasteiger partial charge in [-0.1, -0.05) is 55.5 Å². The highest BCUT2D eigenvalue weighted by Crippen LogP contribution is 2.23. The number of hydrogen-bond acceptors (Lipinski definition) is 4. The molecule has 0 radical (unpaired) electrons. The largest absolute Gasteiger partial charge is 0.341 e. The average molecular weight is 327 g/mol. The highest BCUT2D eigenvalue weighted by molar-refractivity contribution is 5.79. The van der Waals surface area contributed by atoms with Crippen LogP contribution in [0.3, 0.4) is 0 Å². The topological polar surface area (TPSA) is 89.5 Å². The predicted molar refractivity (Wildman–Crippen MR) is 92.1 cm³/mol. The van der Waals surface area contributed by atoms with Gasteiger partial charge in [0.2, 0.25) is 5.91 Å². The maximum atomic E-state index is 12.6. The number of nitrogens with two attached hydrogens (primary N) is 1. The van der Waals surface area contributed by atoms with Crippen LogP contribution in [0.5, 0.6) is 0 Å². The maximum Gasteiger partial charge on any atom is 0.274 e. The van der Waals surface area contributed by atoms with Gasteiger partial charge in [-0.2, -0.15) is 0 Å². The van der Waals surface area contributed by atoms with Gasteiger partial charge >= 0.3 is 0 Å². The van der Waals surface area contributed by atoms with Gasteiger partial charge in [-0.15, -0.1) is 0 Å². The van der Waals surface area contributed by atoms with E-state index in [-0.39, 0.29) is 18.1 Å². The van der Waals surface area contributed by atoms with Crippen LogP contribution in [0.25, 0.3) is 0 Å². The fraction of sp³-hybridized carbons (Fsp3) is 0.278. The molecule has 0 fully saturated rings. The molecule has 0 saturated heterocycles. The zero-order valence-corrected chi connectivity index (χ0v) is 13.8. The second-order valence-corrected chi connectivity index (χ2v) is 5.81. The Kier molecular flexibility index (Phi) is 5.65. The molecular formula is C18H21N3O3. The van der Waals surface area contributed by atoms with E-state index in [1.54, 1.807) is 32.2 Å². The van der Waals surface area contributed by atoms with Gasteiger partial charge in [-0.3, -0.25) is 14.9 Å². The summed E-state index contributed by atoms with van der Waals surface area (Å²) in [6, 6.07) is 15.4. The summed E-state index contributed by atoms with van der Waals surface area (Å²) in [5.41, 5.74) is 7.59. The molecule has 0 spiro atoms. The number of nitrogens with zero attached hydrogens (tertiary/aromatic N) is 2. The third-order valence-electron chi connectivity index (χ3n) is 4.08. The Labute approximate surface area is 141 Å². The highest BCUT2D eigenvalue weighted by Gasteiger charge is 2.26. The molecule has 2 atom stereocenters. The lowest BCUT2D eigenvalue weighted by molar-refractivity contribution is -0.385. The summed E-state index contributed by atoms with van der Waals surface area (Å²) in [7, 11) is 1.63. The van der Waals surface area contributed by atoms with Crippen molar-refractivity contribution in [2.24, 2.45) is 11.7 Å². The van der Waals surface area contributed by atoms with E-state index in [1.807, 2.05) is 30.3 Å². The number of nitro benzene ring substituents is 1. The molecule has 0 aliphatic heterocycles. The predicted octanol–water partition coefficient (Wildman–Crippen LogP) is 2.89. The quantitative estimate of drug-likeness (QED) is 0.652. The fourth-order valence-electron chi connectivity index (χ4n) is 2.62. The fourth-order valence-corrected chi connectivity index (χ4v) is 2.62. The van der Waals surface area contributed by atoms with E-state index in [4.69, 9.17) is 5.73 Å². The molecule has 0 heterocycles. The van der Waals surface area contributed by atoms with Crippen LogP contribution >= 0.6 is 0 Å². The molecule has 126 valence electrons. The first-order valence-electron chi connectivity index (χ1n) is 7.69. The minimum absolute atomic E-state index is 0.0113. The number of amides is 1. The number of hydrogen-bond donors (Lipinski definition) is 1. The molecule has 0 aliphatic rings. The molecule has 0 bridgehead atoms. The van der Waals surface area contributed by atoms with E-state index in [0.29, 0.717) is 5.56 Å². The zero-order chi connectivity index (χ0) is 17.7. The van der Waals surface area contributed by atoms with E-state index < -0.39 is 16.9 Å². The Morgan fingerprint density at radius 3 is 2.38 bits per heavy atom. The van der Waals surface area contributed by atoms with E-state index in [1.165, 1.54) is 11.0 Å². The van der Waals surface area contributed by atoms with Crippen molar-refractivity contribution in [2.75, 3.05) is 7.05 Å². The van der Waals surface area contributed by atoms with Gasteiger partial charge in [-0.05, 0) is 5.56 Å². The molecule has 2 rings (SSSR count). The Morgan fingerprint density at radius 1 is 1.17 bits per heavy atom. The number of carbonyl (C=O) groups is 1. The lowest BCUT2D eigenvalue weighted by Gasteiger charge is -2.25. The van der Waals surface area contributed by atoms with E-state index in [2.05, 4.69) is 0 Å². The zero-order valence-electron chi connectivity index (χ0n) is 13.8. The molecule has 6 heteroatoms. The summed E-state index contributed by atoms with van der Waals surface area (Å²) in [4.78, 5) is 24.7. The maximum absolute atomic E-state index is 12.6. The molecular weight excluding hydrogens is 306 g/mol. The van der Waals surface area contributed by atoms with E-state index in [9.17, 15) is 14.9 Å². The van der Waals surface area contributed by atoms with Crippen LogP contribution in [0.4, 0.5) is 5.69 Å². The van der Waals surface area contributed by atoms with Gasteiger partial charge in [0.05, 0.1) is 17.4 Å². The molecule has 2 unspecified atom stereocenters. The van der Waals surface area contributed by atoms with Gasteiger partial charge in [0.15, 0.2) is 0 Å². The van der Waals surface area contributed by atoms with Crippen molar-refractivity contribution in [3.05, 3.63) is 75.8 Å². The lowest BCUT2D eigenvalue weighted by atomic mass is 9.94. The van der Waals surface area contributed by atoms with Crippen LogP contribution in [0.2, 0.25) is 0 Å². The van der Waals surface area contributed by atoms with Crippen molar-refractivity contribution in [2.45, 2.75) is 19.5 Å². The molecule has 0 saturated carbocycles. The lowest BCUT2D eigenvalue weighted by Crippen LogP contribution is -2.36. The van der Waals surface area contributed by atoms with Crippen molar-refractivity contribution >= 4 is 11.6 Å². The summed E-state index contributed by atoms with van der Waals surface area (Å²) in [5.74, 6) is -0.579. The summed E-state index contributed by atoms with van der Waals surface area (Å²) in [6.45, 7) is 1.94. The Morgan fingerprint density at radius 2 is 1.75 bits per heavy atom. The minimum atomic E-state index is -0.438. The van der Waals surface area contributed by atoms with Crippen LogP contribution in [0.15, 0.2) is 54.6 Å². The van der Waals surface area contributed by atoms with Gasteiger partial charge in [0, 0.05) is 24.7 Å². The molecule has 2 aromatic carbocycles. The summed E-state index contributed by atoms with van der Waals surface area (Å²) in [6.07, 6.45) is 0. The van der Waals surface area contributed by atoms with Crippen LogP contribution in [0.1, 0.15) is 24.1 Å². The number of nitro groups is 1. The number of rotatable bonds is 6. The van der Waals surface area contributed by atoms with Crippen molar-refractivity contribution < 1.29 is 9.72 Å². The van der Waals surface area contributed by atoms with Crippen LogP contribution in [-0.2, 0) is 11.3 Å². The van der Waals surface area contributed by atoms with E-state index in [0.717, 1.165) is 5.56 Å². The summed E-state index contributed by atoms with van der Waals surface area (Å²) < 4.78 is 0. The molecule has 0 aromatic heterocycles. The SMILES string of the molecule is CC(C(=O)N(C)Cc1ccccc1[N+](=O)[O-])C(N)c1ccccc1. The second-order valence-electron chi connectivity index (χ2n) is 5.81. The van der Waals surface area contributed by atoms with Crippen molar-refractivity contribution in [1.29, 1.82) is 0 Å². The van der Waals surface area contributed by atoms with Crippen LogP contribution in [0, 0.1) is 16.0 Å². The first kappa shape index (κ1) is 17.6. The Hall–Kier alpha value is -2.73. The van der Waals surface area contributed by atoms with Crippen molar-refractivity contribution in [3.8, 4) is 0 Å². The summed E-state index contributed by atoms with van der Waals surface area (Å²) in [5, 5.41) is 11.1. The standard InChI is InChI=1S/C18H21N3O3/c1-13(17(19)14-8-4-3-5-9-14)18(22)20(2)12-15-10-6-7-11-16(15)21(23)24/h3-11,13,17H,12,19H2,1-2H3. The second kappa shape index (κ2) is 7.70. The highest BCUT2D eigenvalue weighted by atomic mass is 16.6. The number of benzene rings is 2. The van der Waals surface area contributed by atoms with Crippen LogP contribution < -0.4 is 5.73 Å². The molecule has 24 heavy (non-hydrogen) atoms. The molecule has 1 amide bonds. The molecule has 0 aliphatic carbocycles. The molecule has 6 nitrogen and oxygen atoms in total. The average Bonchev–Trinajstić information content (AvgIpc) is 2.60. The first-order valence-corrected chi connectivity index (χ1v) is 7.69. The molecule has 2 aromatic rings. The van der Waals surface area contributed by atoms with Gasteiger partial charge in [0.25, 0.3) is 5.69 Å². The third kappa shape index (κ3) is 3.97. The van der Waals surface area contributed by atoms with Gasteiger partial charge in [0.1, 0.15) is 0 Å². The first-order chi connectivity index (χ1) is 11.4. The normalized spacial score (nSPS) is 13.1. The number of para-hydroxylation sites is 1. The smallest absolute Gasteiger partial charge is 0.274 e. The van der Waals surface area contributed by atoms with Gasteiger partial charge < -0.3 is 10.6 Å². The monoisotopic (exact) mass is 327 g/mol. The van der Waals surface area contributed by atoms with Crippen molar-refractivity contribution in [3.63, 3.8) is 0 Å². The molecule has 2 N–H and O–H groups in total. The Balaban J connectivity index is 2.11. The third-order valence-corrected chi connectivity index (χ3v) is 4.08. The Bertz CT molecular complexity index is 718. The van der Waals surface area contributed by atoms with Gasteiger partial charge in [-0.25, -0.2) is 0 Å². The number of carbonyl (C=O) groups excluding carboxylic acids is 1. The van der Waals surface area contributed by atoms with Crippen molar-refractivity contribution in [1.82, 2.24) is 4.90 Å². The summed E-state index contributed by atoms with van der Waals surface area (Å²) >= 11 is 0. The minimum Gasteiger partial charge on any atom is -0.341 e. The van der Waals surface area contributed by atoms with Crippen LogP contribution in [-0.4, -0.2) is 22.8 Å².